The Bertz CT molecular complexity index is 722. The van der Waals surface area contributed by atoms with E-state index in [-0.39, 0.29) is 11.6 Å². The van der Waals surface area contributed by atoms with Crippen LogP contribution in [0.1, 0.15) is 10.6 Å². The molecule has 3 aromatic rings. The number of benzene rings is 1. The van der Waals surface area contributed by atoms with E-state index in [0.717, 1.165) is 0 Å². The van der Waals surface area contributed by atoms with E-state index in [9.17, 15) is 9.18 Å². The van der Waals surface area contributed by atoms with E-state index in [4.69, 9.17) is 4.42 Å². The van der Waals surface area contributed by atoms with Crippen molar-refractivity contribution >= 4 is 22.4 Å². The molecule has 0 aliphatic carbocycles. The lowest BCUT2D eigenvalue weighted by Crippen LogP contribution is -2.10. The van der Waals surface area contributed by atoms with E-state index < -0.39 is 5.91 Å². The predicted molar refractivity (Wildman–Crippen MR) is 72.0 cm³/mol. The summed E-state index contributed by atoms with van der Waals surface area (Å²) in [5.41, 5.74) is 2.21. The van der Waals surface area contributed by atoms with Gasteiger partial charge in [0.25, 0.3) is 5.91 Å². The van der Waals surface area contributed by atoms with Crippen molar-refractivity contribution in [2.24, 2.45) is 0 Å². The van der Waals surface area contributed by atoms with E-state index in [1.54, 1.807) is 24.3 Å². The molecule has 1 amide bonds. The molecule has 0 spiro atoms. The highest BCUT2D eigenvalue weighted by molar-refractivity contribution is 7.13. The van der Waals surface area contributed by atoms with Crippen molar-refractivity contribution in [1.82, 2.24) is 10.2 Å². The summed E-state index contributed by atoms with van der Waals surface area (Å²) in [6.45, 7) is 0. The zero-order valence-electron chi connectivity index (χ0n) is 10.0. The van der Waals surface area contributed by atoms with Gasteiger partial charge in [-0.3, -0.25) is 10.1 Å². The Hall–Kier alpha value is -2.54. The van der Waals surface area contributed by atoms with Gasteiger partial charge in [0.15, 0.2) is 5.76 Å². The highest BCUT2D eigenvalue weighted by Gasteiger charge is 2.13. The number of hydrogen-bond acceptors (Lipinski definition) is 5. The maximum absolute atomic E-state index is 12.8. The van der Waals surface area contributed by atoms with E-state index in [1.165, 1.54) is 29.0 Å². The molecule has 0 unspecified atom stereocenters. The van der Waals surface area contributed by atoms with Crippen LogP contribution in [0.5, 0.6) is 0 Å². The largest absolute Gasteiger partial charge is 0.451 e. The fourth-order valence-corrected chi connectivity index (χ4v) is 2.06. The molecule has 2 heterocycles. The third-order valence-corrected chi connectivity index (χ3v) is 3.15. The first kappa shape index (κ1) is 12.5. The first-order valence-electron chi connectivity index (χ1n) is 5.66. The van der Waals surface area contributed by atoms with Crippen molar-refractivity contribution in [3.8, 4) is 11.3 Å². The Morgan fingerprint density at radius 1 is 1.20 bits per heavy atom. The van der Waals surface area contributed by atoms with Gasteiger partial charge >= 0.3 is 0 Å². The highest BCUT2D eigenvalue weighted by atomic mass is 32.1. The van der Waals surface area contributed by atoms with Crippen LogP contribution in [-0.4, -0.2) is 16.1 Å². The highest BCUT2D eigenvalue weighted by Crippen LogP contribution is 2.23. The molecule has 0 bridgehead atoms. The summed E-state index contributed by atoms with van der Waals surface area (Å²) in [5.74, 6) is -0.0865. The van der Waals surface area contributed by atoms with E-state index in [1.807, 2.05) is 0 Å². The van der Waals surface area contributed by atoms with Gasteiger partial charge < -0.3 is 4.42 Å². The van der Waals surface area contributed by atoms with Gasteiger partial charge in [-0.05, 0) is 36.4 Å². The number of halogens is 1. The Labute approximate surface area is 117 Å². The van der Waals surface area contributed by atoms with Crippen molar-refractivity contribution < 1.29 is 13.6 Å². The molecule has 0 saturated heterocycles. The average molecular weight is 289 g/mol. The second kappa shape index (κ2) is 5.22. The molecular formula is C13H8FN3O2S. The Morgan fingerprint density at radius 3 is 2.70 bits per heavy atom. The van der Waals surface area contributed by atoms with E-state index >= 15 is 0 Å². The fraction of sp³-hybridized carbons (Fsp3) is 0. The Morgan fingerprint density at radius 2 is 2.00 bits per heavy atom. The maximum atomic E-state index is 12.8. The third-order valence-electron chi connectivity index (χ3n) is 2.54. The monoisotopic (exact) mass is 289 g/mol. The predicted octanol–water partition coefficient (Wildman–Crippen LogP) is 3.19. The summed E-state index contributed by atoms with van der Waals surface area (Å²) in [6, 6.07) is 9.04. The van der Waals surface area contributed by atoms with Crippen LogP contribution >= 0.6 is 11.3 Å². The van der Waals surface area contributed by atoms with Gasteiger partial charge in [-0.2, -0.15) is 0 Å². The second-order valence-electron chi connectivity index (χ2n) is 3.87. The molecule has 20 heavy (non-hydrogen) atoms. The van der Waals surface area contributed by atoms with Crippen LogP contribution < -0.4 is 5.32 Å². The van der Waals surface area contributed by atoms with Crippen LogP contribution in [0.2, 0.25) is 0 Å². The second-order valence-corrected chi connectivity index (χ2v) is 4.70. The molecular weight excluding hydrogens is 281 g/mol. The van der Waals surface area contributed by atoms with E-state index in [2.05, 4.69) is 15.5 Å². The minimum absolute atomic E-state index is 0.152. The number of furan rings is 1. The standard InChI is InChI=1S/C13H8FN3O2S/c14-9-3-1-8(2-4-9)10-5-6-11(19-10)12(18)16-13-17-15-7-20-13/h1-7H,(H,16,17,18). The quantitative estimate of drug-likeness (QED) is 0.804. The lowest BCUT2D eigenvalue weighted by Gasteiger charge is -1.98. The van der Waals surface area contributed by atoms with Crippen molar-refractivity contribution in [2.75, 3.05) is 5.32 Å². The van der Waals surface area contributed by atoms with Crippen molar-refractivity contribution in [3.05, 3.63) is 53.5 Å². The van der Waals surface area contributed by atoms with Gasteiger partial charge in [0, 0.05) is 5.56 Å². The molecule has 0 atom stereocenters. The minimum Gasteiger partial charge on any atom is -0.451 e. The minimum atomic E-state index is -0.407. The molecule has 0 fully saturated rings. The SMILES string of the molecule is O=C(Nc1nncs1)c1ccc(-c2ccc(F)cc2)o1. The van der Waals surface area contributed by atoms with Crippen molar-refractivity contribution in [3.63, 3.8) is 0 Å². The summed E-state index contributed by atoms with van der Waals surface area (Å²) in [6.07, 6.45) is 0. The van der Waals surface area contributed by atoms with Crippen LogP contribution in [0.3, 0.4) is 0 Å². The summed E-state index contributed by atoms with van der Waals surface area (Å²) in [5, 5.41) is 10.3. The van der Waals surface area contributed by atoms with Gasteiger partial charge in [-0.15, -0.1) is 10.2 Å². The smallest absolute Gasteiger partial charge is 0.293 e. The number of amides is 1. The van der Waals surface area contributed by atoms with Gasteiger partial charge in [0.1, 0.15) is 17.1 Å². The summed E-state index contributed by atoms with van der Waals surface area (Å²) < 4.78 is 18.3. The van der Waals surface area contributed by atoms with Gasteiger partial charge in [0.05, 0.1) is 0 Å². The average Bonchev–Trinajstić information content (AvgIpc) is 3.10. The van der Waals surface area contributed by atoms with Crippen LogP contribution in [0.15, 0.2) is 46.3 Å². The van der Waals surface area contributed by atoms with Gasteiger partial charge in [0.2, 0.25) is 5.13 Å². The molecule has 100 valence electrons. The van der Waals surface area contributed by atoms with Crippen LogP contribution in [0.25, 0.3) is 11.3 Å². The molecule has 0 aliphatic rings. The van der Waals surface area contributed by atoms with Crippen molar-refractivity contribution in [2.45, 2.75) is 0 Å². The number of carbonyl (C=O) groups is 1. The molecule has 1 aromatic carbocycles. The first-order chi connectivity index (χ1) is 9.72. The van der Waals surface area contributed by atoms with Crippen LogP contribution in [0, 0.1) is 5.82 Å². The molecule has 0 radical (unpaired) electrons. The summed E-state index contributed by atoms with van der Waals surface area (Å²) in [7, 11) is 0. The molecule has 3 rings (SSSR count). The summed E-state index contributed by atoms with van der Waals surface area (Å²) in [4.78, 5) is 11.9. The van der Waals surface area contributed by atoms with Crippen molar-refractivity contribution in [1.29, 1.82) is 0 Å². The Kier molecular flexibility index (Phi) is 3.26. The number of aromatic nitrogens is 2. The number of nitrogens with one attached hydrogen (secondary N) is 1. The van der Waals surface area contributed by atoms with Gasteiger partial charge in [-0.25, -0.2) is 4.39 Å². The molecule has 0 aliphatic heterocycles. The molecule has 7 heteroatoms. The zero-order chi connectivity index (χ0) is 13.9. The molecule has 1 N–H and O–H groups in total. The lowest BCUT2D eigenvalue weighted by molar-refractivity contribution is 0.0997. The fourth-order valence-electron chi connectivity index (χ4n) is 1.62. The molecule has 5 nitrogen and oxygen atoms in total. The molecule has 2 aromatic heterocycles. The number of hydrogen-bond donors (Lipinski definition) is 1. The zero-order valence-corrected chi connectivity index (χ0v) is 10.9. The first-order valence-corrected chi connectivity index (χ1v) is 6.53. The number of rotatable bonds is 3. The van der Waals surface area contributed by atoms with Crippen LogP contribution in [-0.2, 0) is 0 Å². The summed E-state index contributed by atoms with van der Waals surface area (Å²) >= 11 is 1.21. The Balaban J connectivity index is 1.79. The number of nitrogens with zero attached hydrogens (tertiary/aromatic N) is 2. The topological polar surface area (TPSA) is 68.0 Å². The number of carbonyl (C=O) groups excluding carboxylic acids is 1. The van der Waals surface area contributed by atoms with Gasteiger partial charge in [-0.1, -0.05) is 11.3 Å². The normalized spacial score (nSPS) is 10.4. The number of anilines is 1. The third kappa shape index (κ3) is 2.57. The van der Waals surface area contributed by atoms with E-state index in [0.29, 0.717) is 16.5 Å². The van der Waals surface area contributed by atoms with Crippen LogP contribution in [0.4, 0.5) is 9.52 Å². The molecule has 0 saturated carbocycles. The maximum Gasteiger partial charge on any atom is 0.293 e. The lowest BCUT2D eigenvalue weighted by atomic mass is 10.2.